The first kappa shape index (κ1) is 22.5. The van der Waals surface area contributed by atoms with E-state index in [9.17, 15) is 9.59 Å². The number of benzene rings is 1. The number of nitrogens with one attached hydrogen (secondary N) is 1. The Morgan fingerprint density at radius 2 is 1.97 bits per heavy atom. The van der Waals surface area contributed by atoms with Crippen LogP contribution in [0.15, 0.2) is 49.1 Å². The second-order valence-electron chi connectivity index (χ2n) is 9.36. The Hall–Kier alpha value is -3.68. The molecule has 0 aliphatic carbocycles. The summed E-state index contributed by atoms with van der Waals surface area (Å²) in [4.78, 5) is 35.3. The minimum atomic E-state index is -0.537. The number of amides is 2. The van der Waals surface area contributed by atoms with E-state index < -0.39 is 5.60 Å². The lowest BCUT2D eigenvalue weighted by Crippen LogP contribution is -2.40. The van der Waals surface area contributed by atoms with Crippen LogP contribution in [0.5, 0.6) is 0 Å². The molecule has 2 amide bonds. The van der Waals surface area contributed by atoms with Crippen LogP contribution in [-0.4, -0.2) is 43.6 Å². The quantitative estimate of drug-likeness (QED) is 0.648. The van der Waals surface area contributed by atoms with Crippen LogP contribution >= 0.6 is 0 Å². The number of aromatic nitrogens is 3. The minimum Gasteiger partial charge on any atom is -0.444 e. The van der Waals surface area contributed by atoms with Crippen molar-refractivity contribution < 1.29 is 14.3 Å². The molecule has 2 aromatic heterocycles. The largest absolute Gasteiger partial charge is 0.444 e. The average Bonchev–Trinajstić information content (AvgIpc) is 3.18. The van der Waals surface area contributed by atoms with E-state index in [1.165, 1.54) is 11.1 Å². The van der Waals surface area contributed by atoms with Crippen LogP contribution in [0.2, 0.25) is 0 Å². The van der Waals surface area contributed by atoms with Crippen LogP contribution in [-0.2, 0) is 24.2 Å². The average molecular weight is 448 g/mol. The normalized spacial score (nSPS) is 13.4. The Labute approximate surface area is 193 Å². The van der Waals surface area contributed by atoms with Crippen LogP contribution in [0.25, 0.3) is 0 Å². The monoisotopic (exact) mass is 447 g/mol. The molecule has 4 rings (SSSR count). The SMILES string of the molecule is Cc1cccc(Cn2cnc(NC(=O)c3cc4c(cn3)CN(C(=O)OC(C)(C)C)CC4)c2)c1. The second-order valence-corrected chi connectivity index (χ2v) is 9.36. The lowest BCUT2D eigenvalue weighted by atomic mass is 10.0. The molecule has 0 saturated carbocycles. The Balaban J connectivity index is 1.38. The Kier molecular flexibility index (Phi) is 6.18. The first-order valence-corrected chi connectivity index (χ1v) is 11.0. The van der Waals surface area contributed by atoms with E-state index in [4.69, 9.17) is 4.74 Å². The highest BCUT2D eigenvalue weighted by Crippen LogP contribution is 2.21. The van der Waals surface area contributed by atoms with Gasteiger partial charge in [-0.05, 0) is 56.9 Å². The van der Waals surface area contributed by atoms with Crippen molar-refractivity contribution in [3.05, 3.63) is 77.0 Å². The number of hydrogen-bond donors (Lipinski definition) is 1. The first-order valence-electron chi connectivity index (χ1n) is 11.0. The van der Waals surface area contributed by atoms with Gasteiger partial charge in [-0.25, -0.2) is 9.78 Å². The summed E-state index contributed by atoms with van der Waals surface area (Å²) in [5, 5.41) is 2.82. The van der Waals surface area contributed by atoms with Gasteiger partial charge in [0.15, 0.2) is 5.82 Å². The lowest BCUT2D eigenvalue weighted by molar-refractivity contribution is 0.0223. The molecule has 0 bridgehead atoms. The number of anilines is 1. The van der Waals surface area contributed by atoms with E-state index in [0.29, 0.717) is 37.6 Å². The molecule has 3 aromatic rings. The maximum Gasteiger partial charge on any atom is 0.410 e. The van der Waals surface area contributed by atoms with Crippen molar-refractivity contribution in [2.75, 3.05) is 11.9 Å². The predicted molar refractivity (Wildman–Crippen MR) is 125 cm³/mol. The third-order valence-electron chi connectivity index (χ3n) is 5.30. The summed E-state index contributed by atoms with van der Waals surface area (Å²) in [7, 11) is 0. The molecule has 172 valence electrons. The highest BCUT2D eigenvalue weighted by atomic mass is 16.6. The van der Waals surface area contributed by atoms with Crippen LogP contribution < -0.4 is 5.32 Å². The molecule has 0 unspecified atom stereocenters. The maximum atomic E-state index is 12.7. The van der Waals surface area contributed by atoms with Crippen molar-refractivity contribution in [3.63, 3.8) is 0 Å². The smallest absolute Gasteiger partial charge is 0.410 e. The molecule has 0 fully saturated rings. The lowest BCUT2D eigenvalue weighted by Gasteiger charge is -2.31. The van der Waals surface area contributed by atoms with Gasteiger partial charge >= 0.3 is 6.09 Å². The van der Waals surface area contributed by atoms with E-state index in [1.807, 2.05) is 31.4 Å². The summed E-state index contributed by atoms with van der Waals surface area (Å²) in [5.41, 5.74) is 4.10. The summed E-state index contributed by atoms with van der Waals surface area (Å²) < 4.78 is 7.39. The fraction of sp³-hybridized carbons (Fsp3) is 0.360. The zero-order valence-electron chi connectivity index (χ0n) is 19.5. The van der Waals surface area contributed by atoms with Gasteiger partial charge in [-0.15, -0.1) is 0 Å². The Morgan fingerprint density at radius 1 is 1.15 bits per heavy atom. The molecule has 0 spiro atoms. The molecule has 8 nitrogen and oxygen atoms in total. The summed E-state index contributed by atoms with van der Waals surface area (Å²) >= 11 is 0. The van der Waals surface area contributed by atoms with E-state index in [2.05, 4.69) is 40.4 Å². The van der Waals surface area contributed by atoms with E-state index in [1.54, 1.807) is 29.7 Å². The zero-order chi connectivity index (χ0) is 23.6. The number of fused-ring (bicyclic) bond motifs is 1. The number of carbonyl (C=O) groups excluding carboxylic acids is 2. The Bertz CT molecular complexity index is 1180. The van der Waals surface area contributed by atoms with Crippen molar-refractivity contribution in [2.24, 2.45) is 0 Å². The molecule has 1 aromatic carbocycles. The number of rotatable bonds is 4. The van der Waals surface area contributed by atoms with Gasteiger partial charge in [0.25, 0.3) is 5.91 Å². The van der Waals surface area contributed by atoms with E-state index in [-0.39, 0.29) is 12.0 Å². The molecule has 3 heterocycles. The summed E-state index contributed by atoms with van der Waals surface area (Å²) in [6, 6.07) is 10.1. The van der Waals surface area contributed by atoms with E-state index in [0.717, 1.165) is 11.1 Å². The number of pyridine rings is 1. The van der Waals surface area contributed by atoms with E-state index >= 15 is 0 Å². The van der Waals surface area contributed by atoms with Crippen molar-refractivity contribution in [1.82, 2.24) is 19.4 Å². The molecular formula is C25H29N5O3. The molecule has 33 heavy (non-hydrogen) atoms. The minimum absolute atomic E-state index is 0.312. The van der Waals surface area contributed by atoms with Gasteiger partial charge in [0.1, 0.15) is 11.3 Å². The topological polar surface area (TPSA) is 89.4 Å². The summed E-state index contributed by atoms with van der Waals surface area (Å²) in [6.45, 7) is 9.24. The number of aryl methyl sites for hydroxylation is 1. The van der Waals surface area contributed by atoms with Gasteiger partial charge in [-0.2, -0.15) is 0 Å². The van der Waals surface area contributed by atoms with Crippen LogP contribution in [0, 0.1) is 6.92 Å². The third kappa shape index (κ3) is 5.77. The molecule has 1 aliphatic rings. The Morgan fingerprint density at radius 3 is 2.73 bits per heavy atom. The number of imidazole rings is 1. The van der Waals surface area contributed by atoms with Crippen LogP contribution in [0.3, 0.4) is 0 Å². The van der Waals surface area contributed by atoms with Crippen molar-refractivity contribution in [2.45, 2.75) is 52.8 Å². The zero-order valence-corrected chi connectivity index (χ0v) is 19.5. The summed E-state index contributed by atoms with van der Waals surface area (Å²) in [5.74, 6) is 0.163. The summed E-state index contributed by atoms with van der Waals surface area (Å²) in [6.07, 6.45) is 5.47. The maximum absolute atomic E-state index is 12.7. The fourth-order valence-electron chi connectivity index (χ4n) is 3.76. The highest BCUT2D eigenvalue weighted by Gasteiger charge is 2.26. The standard InChI is InChI=1S/C25H29N5O3/c1-17-6-5-7-18(10-17)13-29-15-22(27-16-29)28-23(31)21-11-19-8-9-30(14-20(19)12-26-21)24(32)33-25(2,3)4/h5-7,10-12,15-16H,8-9,13-14H2,1-4H3,(H,28,31). The van der Waals surface area contributed by atoms with Gasteiger partial charge in [-0.1, -0.05) is 29.8 Å². The second kappa shape index (κ2) is 9.05. The van der Waals surface area contributed by atoms with Crippen molar-refractivity contribution in [3.8, 4) is 0 Å². The van der Waals surface area contributed by atoms with Crippen LogP contribution in [0.1, 0.15) is 53.5 Å². The fourth-order valence-corrected chi connectivity index (χ4v) is 3.76. The molecule has 0 saturated heterocycles. The predicted octanol–water partition coefficient (Wildman–Crippen LogP) is 4.18. The molecule has 1 N–H and O–H groups in total. The first-order chi connectivity index (χ1) is 15.7. The molecule has 0 atom stereocenters. The van der Waals surface area contributed by atoms with Gasteiger partial charge in [0.05, 0.1) is 12.9 Å². The number of hydrogen-bond acceptors (Lipinski definition) is 5. The third-order valence-corrected chi connectivity index (χ3v) is 5.30. The van der Waals surface area contributed by atoms with Crippen molar-refractivity contribution in [1.29, 1.82) is 0 Å². The number of carbonyl (C=O) groups is 2. The van der Waals surface area contributed by atoms with Gasteiger partial charge < -0.3 is 19.5 Å². The number of nitrogens with zero attached hydrogens (tertiary/aromatic N) is 4. The number of ether oxygens (including phenoxy) is 1. The molecule has 0 radical (unpaired) electrons. The van der Waals surface area contributed by atoms with Gasteiger partial charge in [0, 0.05) is 25.5 Å². The molecular weight excluding hydrogens is 418 g/mol. The van der Waals surface area contributed by atoms with Crippen LogP contribution in [0.4, 0.5) is 10.6 Å². The van der Waals surface area contributed by atoms with Gasteiger partial charge in [-0.3, -0.25) is 9.78 Å². The molecule has 8 heteroatoms. The van der Waals surface area contributed by atoms with Crippen molar-refractivity contribution >= 4 is 17.8 Å². The highest BCUT2D eigenvalue weighted by molar-refractivity contribution is 6.02. The van der Waals surface area contributed by atoms with Gasteiger partial charge in [0.2, 0.25) is 0 Å². The molecule has 1 aliphatic heterocycles.